The van der Waals surface area contributed by atoms with E-state index in [-0.39, 0.29) is 60.2 Å². The molecule has 2 rings (SSSR count). The second-order valence-corrected chi connectivity index (χ2v) is 3.75. The van der Waals surface area contributed by atoms with Crippen molar-refractivity contribution in [1.29, 1.82) is 0 Å². The molecule has 2 heterocycles. The average Bonchev–Trinajstić information content (AvgIpc) is 2.69. The monoisotopic (exact) mass is 262 g/mol. The van der Waals surface area contributed by atoms with Crippen LogP contribution in [-0.4, -0.2) is 72.5 Å². The molecule has 8 nitrogen and oxygen atoms in total. The maximum absolute atomic E-state index is 11.5. The Labute approximate surface area is 124 Å². The van der Waals surface area contributed by atoms with Gasteiger partial charge in [0.1, 0.15) is 0 Å². The molecule has 2 aromatic heterocycles. The maximum Gasteiger partial charge on any atom is 0.280 e. The van der Waals surface area contributed by atoms with Gasteiger partial charge in [-0.1, -0.05) is 0 Å². The van der Waals surface area contributed by atoms with Crippen molar-refractivity contribution in [3.63, 3.8) is 0 Å². The number of aromatic amines is 1. The number of aliphatic hydroxyl groups excluding tert-OH is 2. The minimum atomic E-state index is -0.407. The predicted octanol–water partition coefficient (Wildman–Crippen LogP) is -2.08. The number of rotatable bonds is 4. The molecule has 0 atom stereocenters. The standard InChI is InChI=1S/C9H13N5O3.Na/c10-9-12-7-6(8(17)13-9)11-4-14(7)1-5(2-15)3-16;/h4-5,15-16H,1-3H2,(H3,10,12,13,17);. The topological polar surface area (TPSA) is 130 Å². The van der Waals surface area contributed by atoms with Gasteiger partial charge >= 0.3 is 0 Å². The van der Waals surface area contributed by atoms with E-state index in [4.69, 9.17) is 15.9 Å². The maximum atomic E-state index is 11.5. The van der Waals surface area contributed by atoms with E-state index in [1.807, 2.05) is 0 Å². The number of hydrogen-bond acceptors (Lipinski definition) is 6. The van der Waals surface area contributed by atoms with Gasteiger partial charge in [-0.05, 0) is 0 Å². The summed E-state index contributed by atoms with van der Waals surface area (Å²) in [5, 5.41) is 18.0. The van der Waals surface area contributed by atoms with Crippen molar-refractivity contribution in [3.05, 3.63) is 16.7 Å². The van der Waals surface area contributed by atoms with Crippen LogP contribution in [0.25, 0.3) is 11.2 Å². The van der Waals surface area contributed by atoms with E-state index in [9.17, 15) is 4.79 Å². The summed E-state index contributed by atoms with van der Waals surface area (Å²) in [5.41, 5.74) is 5.57. The summed E-state index contributed by atoms with van der Waals surface area (Å²) in [7, 11) is 0. The Morgan fingerprint density at radius 1 is 1.44 bits per heavy atom. The zero-order valence-corrected chi connectivity index (χ0v) is 12.0. The zero-order valence-electron chi connectivity index (χ0n) is 10.00. The molecule has 5 N–H and O–H groups in total. The van der Waals surface area contributed by atoms with Crippen LogP contribution >= 0.6 is 0 Å². The molecule has 0 saturated carbocycles. The predicted molar refractivity (Wildman–Crippen MR) is 66.0 cm³/mol. The van der Waals surface area contributed by atoms with Gasteiger partial charge in [0.15, 0.2) is 11.2 Å². The molecule has 0 unspecified atom stereocenters. The smallest absolute Gasteiger partial charge is 0.280 e. The van der Waals surface area contributed by atoms with E-state index in [1.165, 1.54) is 6.33 Å². The number of imidazole rings is 1. The second-order valence-electron chi connectivity index (χ2n) is 3.75. The van der Waals surface area contributed by atoms with Gasteiger partial charge in [0.2, 0.25) is 5.95 Å². The molecule has 0 aliphatic heterocycles. The minimum Gasteiger partial charge on any atom is -0.396 e. The number of nitrogens with zero attached hydrogens (tertiary/aromatic N) is 3. The minimum absolute atomic E-state index is 0. The number of hydrogen-bond donors (Lipinski definition) is 4. The van der Waals surface area contributed by atoms with Gasteiger partial charge in [-0.2, -0.15) is 4.98 Å². The van der Waals surface area contributed by atoms with Gasteiger partial charge in [-0.15, -0.1) is 0 Å². The third-order valence-corrected chi connectivity index (χ3v) is 2.46. The fourth-order valence-corrected chi connectivity index (χ4v) is 1.56. The van der Waals surface area contributed by atoms with Crippen LogP contribution in [0.1, 0.15) is 0 Å². The number of anilines is 1. The van der Waals surface area contributed by atoms with Crippen LogP contribution in [0.15, 0.2) is 11.1 Å². The van der Waals surface area contributed by atoms with Crippen LogP contribution in [0.5, 0.6) is 0 Å². The van der Waals surface area contributed by atoms with Crippen LogP contribution in [0.2, 0.25) is 0 Å². The van der Waals surface area contributed by atoms with Crippen LogP contribution in [-0.2, 0) is 6.54 Å². The summed E-state index contributed by atoms with van der Waals surface area (Å²) < 4.78 is 1.58. The van der Waals surface area contributed by atoms with Gasteiger partial charge in [0.25, 0.3) is 5.56 Å². The molecule has 0 aliphatic rings. The van der Waals surface area contributed by atoms with E-state index in [2.05, 4.69) is 15.0 Å². The number of nitrogens with one attached hydrogen (secondary N) is 1. The van der Waals surface area contributed by atoms with Gasteiger partial charge in [0.05, 0.1) is 6.33 Å². The van der Waals surface area contributed by atoms with Crippen molar-refractivity contribution in [2.45, 2.75) is 6.54 Å². The van der Waals surface area contributed by atoms with Crippen molar-refractivity contribution in [2.75, 3.05) is 18.9 Å². The van der Waals surface area contributed by atoms with Gasteiger partial charge < -0.3 is 20.5 Å². The Hall–Kier alpha value is -0.930. The molecule has 9 heteroatoms. The van der Waals surface area contributed by atoms with E-state index in [0.717, 1.165) is 0 Å². The molecule has 18 heavy (non-hydrogen) atoms. The molecule has 0 amide bonds. The van der Waals surface area contributed by atoms with Crippen LogP contribution < -0.4 is 11.3 Å². The van der Waals surface area contributed by atoms with Crippen molar-refractivity contribution < 1.29 is 10.2 Å². The number of nitrogens with two attached hydrogens (primary N) is 1. The first-order valence-electron chi connectivity index (χ1n) is 5.08. The van der Waals surface area contributed by atoms with E-state index < -0.39 is 5.56 Å². The Bertz CT molecular complexity index is 577. The van der Waals surface area contributed by atoms with Gasteiger partial charge in [-0.25, -0.2) is 4.98 Å². The molecular formula is C9H13N5NaO3. The molecule has 0 bridgehead atoms. The molecule has 2 aromatic rings. The first kappa shape index (κ1) is 15.1. The Kier molecular flexibility index (Phi) is 5.29. The number of nitrogen functional groups attached to an aromatic ring is 1. The van der Waals surface area contributed by atoms with E-state index in [1.54, 1.807) is 4.57 Å². The summed E-state index contributed by atoms with van der Waals surface area (Å²) in [5.74, 6) is -0.316. The molecule has 0 fully saturated rings. The Morgan fingerprint density at radius 2 is 2.11 bits per heavy atom. The fraction of sp³-hybridized carbons (Fsp3) is 0.444. The van der Waals surface area contributed by atoms with Gasteiger partial charge in [-0.3, -0.25) is 9.78 Å². The number of aliphatic hydroxyl groups is 2. The summed E-state index contributed by atoms with van der Waals surface area (Å²) in [6.45, 7) is 0.00306. The molecule has 1 radical (unpaired) electrons. The zero-order chi connectivity index (χ0) is 12.4. The molecule has 93 valence electrons. The first-order valence-corrected chi connectivity index (χ1v) is 5.08. The second kappa shape index (κ2) is 6.30. The van der Waals surface area contributed by atoms with Crippen LogP contribution in [0.3, 0.4) is 0 Å². The van der Waals surface area contributed by atoms with Crippen molar-refractivity contribution >= 4 is 46.7 Å². The van der Waals surface area contributed by atoms with E-state index in [0.29, 0.717) is 12.2 Å². The van der Waals surface area contributed by atoms with Crippen molar-refractivity contribution in [1.82, 2.24) is 19.5 Å². The van der Waals surface area contributed by atoms with E-state index >= 15 is 0 Å². The summed E-state index contributed by atoms with van der Waals surface area (Å²) in [4.78, 5) is 21.7. The summed E-state index contributed by atoms with van der Waals surface area (Å²) in [6, 6.07) is 0. The van der Waals surface area contributed by atoms with Crippen molar-refractivity contribution in [3.8, 4) is 0 Å². The number of H-pyrrole nitrogens is 1. The molecular weight excluding hydrogens is 249 g/mol. The van der Waals surface area contributed by atoms with Crippen molar-refractivity contribution in [2.24, 2.45) is 5.92 Å². The SMILES string of the molecule is Nc1nc2c(ncn2CC(CO)CO)c(=O)[nH]1.[Na]. The summed E-state index contributed by atoms with van der Waals surface area (Å²) >= 11 is 0. The third-order valence-electron chi connectivity index (χ3n) is 2.46. The number of fused-ring (bicyclic) bond motifs is 1. The number of aromatic nitrogens is 4. The molecule has 0 saturated heterocycles. The fourth-order valence-electron chi connectivity index (χ4n) is 1.56. The average molecular weight is 262 g/mol. The van der Waals surface area contributed by atoms with Crippen LogP contribution in [0.4, 0.5) is 5.95 Å². The Morgan fingerprint density at radius 3 is 2.72 bits per heavy atom. The molecule has 0 spiro atoms. The van der Waals surface area contributed by atoms with Gasteiger partial charge in [0, 0.05) is 55.2 Å². The first-order chi connectivity index (χ1) is 8.15. The molecule has 0 aliphatic carbocycles. The third kappa shape index (κ3) is 2.90. The molecule has 0 aromatic carbocycles. The largest absolute Gasteiger partial charge is 0.396 e. The quantitative estimate of drug-likeness (QED) is 0.468. The summed E-state index contributed by atoms with van der Waals surface area (Å²) in [6.07, 6.45) is 1.44. The normalized spacial score (nSPS) is 10.8. The Balaban J connectivity index is 0.00000162. The van der Waals surface area contributed by atoms with Crippen LogP contribution in [0, 0.1) is 5.92 Å².